The van der Waals surface area contributed by atoms with Crippen LogP contribution < -0.4 is 0 Å². The Labute approximate surface area is 81.4 Å². The summed E-state index contributed by atoms with van der Waals surface area (Å²) in [5.41, 5.74) is 0. The fourth-order valence-electron chi connectivity index (χ4n) is 0.693. The number of hydrogen-bond acceptors (Lipinski definition) is 6. The van der Waals surface area contributed by atoms with Crippen molar-refractivity contribution in [3.05, 3.63) is 0 Å². The molecule has 1 atom stereocenters. The minimum atomic E-state index is -1.37. The van der Waals surface area contributed by atoms with Crippen molar-refractivity contribution in [1.82, 2.24) is 0 Å². The molecule has 0 amide bonds. The van der Waals surface area contributed by atoms with Gasteiger partial charge in [-0.05, 0) is 6.92 Å². The molecule has 1 unspecified atom stereocenters. The highest BCUT2D eigenvalue weighted by atomic mass is 16.6. The smallest absolute Gasteiger partial charge is 0.319 e. The molecule has 2 N–H and O–H groups in total. The molecule has 0 aromatic rings. The van der Waals surface area contributed by atoms with E-state index in [0.29, 0.717) is 0 Å². The van der Waals surface area contributed by atoms with E-state index in [1.165, 1.54) is 0 Å². The Bertz CT molecular complexity index is 190. The van der Waals surface area contributed by atoms with Crippen molar-refractivity contribution < 1.29 is 29.3 Å². The fraction of sp³-hybridized carbons (Fsp3) is 0.750. The van der Waals surface area contributed by atoms with Crippen molar-refractivity contribution in [1.29, 1.82) is 0 Å². The summed E-state index contributed by atoms with van der Waals surface area (Å²) in [4.78, 5) is 21.6. The predicted octanol–water partition coefficient (Wildman–Crippen LogP) is -0.816. The highest BCUT2D eigenvalue weighted by Crippen LogP contribution is 1.97. The Kier molecular flexibility index (Phi) is 6.69. The second-order valence-corrected chi connectivity index (χ2v) is 2.44. The van der Waals surface area contributed by atoms with E-state index < -0.39 is 24.6 Å². The molecule has 0 aliphatic heterocycles. The van der Waals surface area contributed by atoms with Crippen molar-refractivity contribution in [2.24, 2.45) is 0 Å². The number of ether oxygens (including phenoxy) is 2. The Hall–Kier alpha value is -1.14. The van der Waals surface area contributed by atoms with Crippen LogP contribution in [0.4, 0.5) is 0 Å². The van der Waals surface area contributed by atoms with Gasteiger partial charge in [-0.2, -0.15) is 0 Å². The minimum absolute atomic E-state index is 0.0748. The second-order valence-electron chi connectivity index (χ2n) is 2.44. The van der Waals surface area contributed by atoms with Gasteiger partial charge in [-0.25, -0.2) is 0 Å². The standard InChI is InChI=1S/C8H14O6/c1-2-13-7(11)5-8(12)14-6(10)3-4-9/h6,9-10H,2-5H2,1H3. The summed E-state index contributed by atoms with van der Waals surface area (Å²) in [6.45, 7) is 1.50. The number of esters is 2. The number of aliphatic hydroxyl groups excluding tert-OH is 2. The lowest BCUT2D eigenvalue weighted by Gasteiger charge is -2.09. The zero-order chi connectivity index (χ0) is 11.0. The van der Waals surface area contributed by atoms with Gasteiger partial charge in [0.1, 0.15) is 6.42 Å². The van der Waals surface area contributed by atoms with Gasteiger partial charge in [-0.15, -0.1) is 0 Å². The molecule has 0 bridgehead atoms. The molecular weight excluding hydrogens is 192 g/mol. The van der Waals surface area contributed by atoms with Crippen molar-refractivity contribution >= 4 is 11.9 Å². The third-order valence-corrected chi connectivity index (χ3v) is 1.24. The summed E-state index contributed by atoms with van der Waals surface area (Å²) in [6.07, 6.45) is -1.98. The topological polar surface area (TPSA) is 93.1 Å². The Morgan fingerprint density at radius 2 is 2.00 bits per heavy atom. The number of carbonyl (C=O) groups excluding carboxylic acids is 2. The van der Waals surface area contributed by atoms with Gasteiger partial charge < -0.3 is 19.7 Å². The summed E-state index contributed by atoms with van der Waals surface area (Å²) in [6, 6.07) is 0. The van der Waals surface area contributed by atoms with Crippen molar-refractivity contribution in [2.45, 2.75) is 26.1 Å². The van der Waals surface area contributed by atoms with Gasteiger partial charge >= 0.3 is 11.9 Å². The lowest BCUT2D eigenvalue weighted by Crippen LogP contribution is -2.21. The summed E-state index contributed by atoms with van der Waals surface area (Å²) in [5.74, 6) is -1.57. The zero-order valence-electron chi connectivity index (χ0n) is 7.93. The van der Waals surface area contributed by atoms with E-state index in [1.807, 2.05) is 0 Å². The monoisotopic (exact) mass is 206 g/mol. The maximum Gasteiger partial charge on any atom is 0.319 e. The highest BCUT2D eigenvalue weighted by molar-refractivity contribution is 5.91. The van der Waals surface area contributed by atoms with E-state index in [4.69, 9.17) is 10.2 Å². The molecule has 0 aromatic heterocycles. The van der Waals surface area contributed by atoms with Gasteiger partial charge in [0, 0.05) is 13.0 Å². The Balaban J connectivity index is 3.69. The first-order valence-electron chi connectivity index (χ1n) is 4.24. The number of aliphatic hydroxyl groups is 2. The molecule has 0 heterocycles. The van der Waals surface area contributed by atoms with Crippen molar-refractivity contribution in [3.8, 4) is 0 Å². The van der Waals surface area contributed by atoms with E-state index in [9.17, 15) is 9.59 Å². The maximum atomic E-state index is 10.8. The molecule has 14 heavy (non-hydrogen) atoms. The van der Waals surface area contributed by atoms with Crippen LogP contribution in [0, 0.1) is 0 Å². The molecule has 6 nitrogen and oxygen atoms in total. The zero-order valence-corrected chi connectivity index (χ0v) is 7.93. The molecule has 0 aliphatic rings. The SMILES string of the molecule is CCOC(=O)CC(=O)OC(O)CCO. The third-order valence-electron chi connectivity index (χ3n) is 1.24. The van der Waals surface area contributed by atoms with Gasteiger partial charge in [0.05, 0.1) is 6.61 Å². The van der Waals surface area contributed by atoms with Gasteiger partial charge in [0.15, 0.2) is 0 Å². The molecule has 0 saturated heterocycles. The minimum Gasteiger partial charge on any atom is -0.466 e. The summed E-state index contributed by atoms with van der Waals surface area (Å²) >= 11 is 0. The summed E-state index contributed by atoms with van der Waals surface area (Å²) in [5, 5.41) is 17.3. The van der Waals surface area contributed by atoms with E-state index in [2.05, 4.69) is 9.47 Å². The lowest BCUT2D eigenvalue weighted by atomic mass is 10.4. The quantitative estimate of drug-likeness (QED) is 0.335. The molecule has 82 valence electrons. The number of carbonyl (C=O) groups is 2. The number of hydrogen-bond donors (Lipinski definition) is 2. The van der Waals surface area contributed by atoms with Gasteiger partial charge in [-0.3, -0.25) is 9.59 Å². The van der Waals surface area contributed by atoms with Crippen molar-refractivity contribution in [2.75, 3.05) is 13.2 Å². The predicted molar refractivity (Wildman–Crippen MR) is 45.1 cm³/mol. The van der Waals surface area contributed by atoms with Gasteiger partial charge in [-0.1, -0.05) is 0 Å². The van der Waals surface area contributed by atoms with Gasteiger partial charge in [0.2, 0.25) is 6.29 Å². The van der Waals surface area contributed by atoms with Crippen LogP contribution in [-0.4, -0.2) is 41.7 Å². The van der Waals surface area contributed by atoms with E-state index in [1.54, 1.807) is 6.92 Å². The average molecular weight is 206 g/mol. The molecule has 0 aromatic carbocycles. The molecular formula is C8H14O6. The van der Waals surface area contributed by atoms with E-state index >= 15 is 0 Å². The van der Waals surface area contributed by atoms with Crippen molar-refractivity contribution in [3.63, 3.8) is 0 Å². The molecule has 0 spiro atoms. The molecule has 0 aliphatic carbocycles. The highest BCUT2D eigenvalue weighted by Gasteiger charge is 2.15. The van der Waals surface area contributed by atoms with Crippen LogP contribution in [0.5, 0.6) is 0 Å². The van der Waals surface area contributed by atoms with Crippen LogP contribution in [-0.2, 0) is 19.1 Å². The van der Waals surface area contributed by atoms with E-state index in [0.717, 1.165) is 0 Å². The summed E-state index contributed by atoms with van der Waals surface area (Å²) in [7, 11) is 0. The van der Waals surface area contributed by atoms with Crippen LogP contribution in [0.1, 0.15) is 19.8 Å². The molecule has 6 heteroatoms. The normalized spacial score (nSPS) is 11.9. The second kappa shape index (κ2) is 7.28. The Morgan fingerprint density at radius 3 is 2.50 bits per heavy atom. The molecule has 0 radical (unpaired) electrons. The van der Waals surface area contributed by atoms with Crippen LogP contribution in [0.3, 0.4) is 0 Å². The maximum absolute atomic E-state index is 10.8. The first kappa shape index (κ1) is 12.9. The van der Waals surface area contributed by atoms with E-state index in [-0.39, 0.29) is 19.6 Å². The molecule has 0 rings (SSSR count). The van der Waals surface area contributed by atoms with Crippen LogP contribution >= 0.6 is 0 Å². The van der Waals surface area contributed by atoms with Crippen LogP contribution in [0.25, 0.3) is 0 Å². The molecule has 0 fully saturated rings. The van der Waals surface area contributed by atoms with Crippen LogP contribution in [0.2, 0.25) is 0 Å². The first-order valence-corrected chi connectivity index (χ1v) is 4.24. The number of rotatable bonds is 6. The lowest BCUT2D eigenvalue weighted by molar-refractivity contribution is -0.173. The largest absolute Gasteiger partial charge is 0.466 e. The summed E-state index contributed by atoms with van der Waals surface area (Å²) < 4.78 is 8.85. The third kappa shape index (κ3) is 6.38. The molecule has 0 saturated carbocycles. The van der Waals surface area contributed by atoms with Gasteiger partial charge in [0.25, 0.3) is 0 Å². The van der Waals surface area contributed by atoms with Crippen LogP contribution in [0.15, 0.2) is 0 Å². The average Bonchev–Trinajstić information content (AvgIpc) is 2.03. The Morgan fingerprint density at radius 1 is 1.36 bits per heavy atom. The fourth-order valence-corrected chi connectivity index (χ4v) is 0.693. The first-order chi connectivity index (χ1) is 6.60.